The Labute approximate surface area is 79.2 Å². The normalized spacial score (nSPS) is 9.38. The lowest BCUT2D eigenvalue weighted by Crippen LogP contribution is -2.31. The molecule has 3 nitrogen and oxygen atoms in total. The summed E-state index contributed by atoms with van der Waals surface area (Å²) in [5.41, 5.74) is 0.844. The van der Waals surface area contributed by atoms with E-state index in [1.165, 1.54) is 0 Å². The Balaban J connectivity index is 3.70. The van der Waals surface area contributed by atoms with Gasteiger partial charge in [0, 0.05) is 13.0 Å². The number of nitrogens with one attached hydrogen (secondary N) is 1. The van der Waals surface area contributed by atoms with Crippen molar-refractivity contribution in [2.75, 3.05) is 6.54 Å². The summed E-state index contributed by atoms with van der Waals surface area (Å²) in [7, 11) is 0. The zero-order valence-corrected chi connectivity index (χ0v) is 8.35. The average molecular weight is 183 g/mol. The zero-order chi connectivity index (χ0) is 10.3. The van der Waals surface area contributed by atoms with Gasteiger partial charge in [-0.15, -0.1) is 0 Å². The number of carbonyl (C=O) groups is 2. The van der Waals surface area contributed by atoms with Crippen LogP contribution in [0.3, 0.4) is 0 Å². The Hall–Kier alpha value is -1.12. The third-order valence-electron chi connectivity index (χ3n) is 1.56. The number of unbranched alkanes of at least 4 members (excludes halogenated alkanes) is 1. The molecule has 0 heterocycles. The third kappa shape index (κ3) is 6.08. The van der Waals surface area contributed by atoms with Crippen LogP contribution in [0.2, 0.25) is 0 Å². The van der Waals surface area contributed by atoms with Gasteiger partial charge in [0.1, 0.15) is 0 Å². The van der Waals surface area contributed by atoms with E-state index in [4.69, 9.17) is 0 Å². The number of rotatable bonds is 6. The molecule has 0 radical (unpaired) electrons. The maximum absolute atomic E-state index is 11.1. The minimum atomic E-state index is -0.489. The molecule has 1 amide bonds. The third-order valence-corrected chi connectivity index (χ3v) is 1.56. The molecule has 0 fully saturated rings. The number of carbonyl (C=O) groups excluding carboxylic acids is 2. The number of hydrogen-bond donors (Lipinski definition) is 1. The maximum Gasteiger partial charge on any atom is 0.287 e. The molecule has 0 spiro atoms. The van der Waals surface area contributed by atoms with E-state index >= 15 is 0 Å². The number of ketones is 1. The standard InChI is InChI=1S/C10H17NO2/c1-4-5-6-9(12)10(13)11-7-8(2)3/h2,4-7H2,1,3H3,(H,11,13). The van der Waals surface area contributed by atoms with Crippen LogP contribution < -0.4 is 5.32 Å². The molecule has 3 heteroatoms. The van der Waals surface area contributed by atoms with E-state index in [0.29, 0.717) is 13.0 Å². The molecule has 0 aliphatic heterocycles. The van der Waals surface area contributed by atoms with Crippen molar-refractivity contribution in [3.05, 3.63) is 12.2 Å². The van der Waals surface area contributed by atoms with Crippen LogP contribution in [0.4, 0.5) is 0 Å². The molecule has 0 unspecified atom stereocenters. The molecule has 0 saturated carbocycles. The Morgan fingerprint density at radius 2 is 2.00 bits per heavy atom. The summed E-state index contributed by atoms with van der Waals surface area (Å²) in [6.07, 6.45) is 2.05. The first-order valence-corrected chi connectivity index (χ1v) is 4.53. The summed E-state index contributed by atoms with van der Waals surface area (Å²) < 4.78 is 0. The summed E-state index contributed by atoms with van der Waals surface area (Å²) in [5, 5.41) is 2.50. The lowest BCUT2D eigenvalue weighted by Gasteiger charge is -2.02. The van der Waals surface area contributed by atoms with Crippen molar-refractivity contribution in [2.24, 2.45) is 0 Å². The number of amides is 1. The van der Waals surface area contributed by atoms with E-state index < -0.39 is 5.91 Å². The molecule has 1 N–H and O–H groups in total. The van der Waals surface area contributed by atoms with Crippen LogP contribution in [-0.4, -0.2) is 18.2 Å². The van der Waals surface area contributed by atoms with Crippen molar-refractivity contribution < 1.29 is 9.59 Å². The summed E-state index contributed by atoms with van der Waals surface area (Å²) in [5.74, 6) is -0.820. The largest absolute Gasteiger partial charge is 0.346 e. The monoisotopic (exact) mass is 183 g/mol. The minimum absolute atomic E-state index is 0.330. The molecule has 0 bridgehead atoms. The zero-order valence-electron chi connectivity index (χ0n) is 8.35. The number of hydrogen-bond acceptors (Lipinski definition) is 2. The van der Waals surface area contributed by atoms with Gasteiger partial charge in [0.15, 0.2) is 0 Å². The van der Waals surface area contributed by atoms with E-state index in [2.05, 4.69) is 11.9 Å². The first-order chi connectivity index (χ1) is 6.07. The fourth-order valence-corrected chi connectivity index (χ4v) is 0.781. The highest BCUT2D eigenvalue weighted by atomic mass is 16.2. The van der Waals surface area contributed by atoms with Crippen LogP contribution in [0.1, 0.15) is 33.1 Å². The van der Waals surface area contributed by atoms with E-state index in [1.807, 2.05) is 6.92 Å². The van der Waals surface area contributed by atoms with Crippen LogP contribution in [0.25, 0.3) is 0 Å². The van der Waals surface area contributed by atoms with Gasteiger partial charge in [-0.05, 0) is 13.3 Å². The molecule has 0 atom stereocenters. The summed E-state index contributed by atoms with van der Waals surface area (Å²) in [6.45, 7) is 7.80. The van der Waals surface area contributed by atoms with Gasteiger partial charge in [-0.1, -0.05) is 25.5 Å². The first-order valence-electron chi connectivity index (χ1n) is 4.53. The fourth-order valence-electron chi connectivity index (χ4n) is 0.781. The number of Topliss-reactive ketones (excluding diaryl/α,β-unsaturated/α-hetero) is 1. The quantitative estimate of drug-likeness (QED) is 0.500. The second-order valence-corrected chi connectivity index (χ2v) is 3.17. The second kappa shape index (κ2) is 6.40. The van der Waals surface area contributed by atoms with Gasteiger partial charge < -0.3 is 5.32 Å². The molecule has 0 rings (SSSR count). The second-order valence-electron chi connectivity index (χ2n) is 3.17. The van der Waals surface area contributed by atoms with Crippen molar-refractivity contribution in [3.8, 4) is 0 Å². The van der Waals surface area contributed by atoms with Crippen molar-refractivity contribution in [2.45, 2.75) is 33.1 Å². The molecule has 0 aromatic carbocycles. The molecular formula is C10H17NO2. The summed E-state index contributed by atoms with van der Waals surface area (Å²) in [6, 6.07) is 0. The summed E-state index contributed by atoms with van der Waals surface area (Å²) in [4.78, 5) is 22.1. The maximum atomic E-state index is 11.1. The van der Waals surface area contributed by atoms with E-state index in [-0.39, 0.29) is 5.78 Å². The highest BCUT2D eigenvalue weighted by Crippen LogP contribution is 1.95. The Morgan fingerprint density at radius 1 is 1.38 bits per heavy atom. The van der Waals surface area contributed by atoms with Crippen molar-refractivity contribution >= 4 is 11.7 Å². The molecular weight excluding hydrogens is 166 g/mol. The average Bonchev–Trinajstić information content (AvgIpc) is 2.10. The predicted octanol–water partition coefficient (Wildman–Crippen LogP) is 1.44. The molecule has 0 aromatic heterocycles. The molecule has 0 aromatic rings. The summed E-state index contributed by atoms with van der Waals surface area (Å²) >= 11 is 0. The molecule has 0 aliphatic rings. The van der Waals surface area contributed by atoms with E-state index in [1.54, 1.807) is 6.92 Å². The van der Waals surface area contributed by atoms with Gasteiger partial charge in [-0.2, -0.15) is 0 Å². The van der Waals surface area contributed by atoms with Gasteiger partial charge >= 0.3 is 0 Å². The molecule has 74 valence electrons. The lowest BCUT2D eigenvalue weighted by atomic mass is 10.2. The Kier molecular flexibility index (Phi) is 5.85. The molecule has 13 heavy (non-hydrogen) atoms. The van der Waals surface area contributed by atoms with Crippen LogP contribution >= 0.6 is 0 Å². The van der Waals surface area contributed by atoms with Gasteiger partial charge in [-0.3, -0.25) is 9.59 Å². The molecule has 0 aliphatic carbocycles. The van der Waals surface area contributed by atoms with Crippen molar-refractivity contribution in [3.63, 3.8) is 0 Å². The van der Waals surface area contributed by atoms with Gasteiger partial charge in [-0.25, -0.2) is 0 Å². The van der Waals surface area contributed by atoms with E-state index in [9.17, 15) is 9.59 Å². The van der Waals surface area contributed by atoms with Crippen molar-refractivity contribution in [1.82, 2.24) is 5.32 Å². The predicted molar refractivity (Wildman–Crippen MR) is 52.4 cm³/mol. The van der Waals surface area contributed by atoms with Crippen LogP contribution in [0.15, 0.2) is 12.2 Å². The fraction of sp³-hybridized carbons (Fsp3) is 0.600. The van der Waals surface area contributed by atoms with E-state index in [0.717, 1.165) is 18.4 Å². The Morgan fingerprint density at radius 3 is 2.46 bits per heavy atom. The SMILES string of the molecule is C=C(C)CNC(=O)C(=O)CCCC. The Bertz CT molecular complexity index is 209. The van der Waals surface area contributed by atoms with Crippen molar-refractivity contribution in [1.29, 1.82) is 0 Å². The lowest BCUT2D eigenvalue weighted by molar-refractivity contribution is -0.137. The minimum Gasteiger partial charge on any atom is -0.346 e. The van der Waals surface area contributed by atoms with Crippen LogP contribution in [-0.2, 0) is 9.59 Å². The topological polar surface area (TPSA) is 46.2 Å². The van der Waals surface area contributed by atoms with Gasteiger partial charge in [0.05, 0.1) is 0 Å². The smallest absolute Gasteiger partial charge is 0.287 e. The van der Waals surface area contributed by atoms with Gasteiger partial charge in [0.25, 0.3) is 5.91 Å². The highest BCUT2D eigenvalue weighted by molar-refractivity contribution is 6.36. The first kappa shape index (κ1) is 11.9. The van der Waals surface area contributed by atoms with Gasteiger partial charge in [0.2, 0.25) is 5.78 Å². The van der Waals surface area contributed by atoms with Crippen LogP contribution in [0, 0.1) is 0 Å². The van der Waals surface area contributed by atoms with Crippen LogP contribution in [0.5, 0.6) is 0 Å². The molecule has 0 saturated heterocycles. The highest BCUT2D eigenvalue weighted by Gasteiger charge is 2.11.